The maximum absolute atomic E-state index is 11.5. The van der Waals surface area contributed by atoms with Gasteiger partial charge in [0, 0.05) is 18.7 Å². The monoisotopic (exact) mass is 221 g/mol. The van der Waals surface area contributed by atoms with Crippen molar-refractivity contribution >= 4 is 11.7 Å². The van der Waals surface area contributed by atoms with Crippen LogP contribution in [0.2, 0.25) is 0 Å². The summed E-state index contributed by atoms with van der Waals surface area (Å²) >= 11 is 0. The average molecular weight is 221 g/mol. The fourth-order valence-electron chi connectivity index (χ4n) is 1.36. The number of hydrogen-bond donors (Lipinski definition) is 2. The molecule has 0 aliphatic rings. The maximum atomic E-state index is 11.5. The summed E-state index contributed by atoms with van der Waals surface area (Å²) < 4.78 is 0. The van der Waals surface area contributed by atoms with Crippen LogP contribution in [0.25, 0.3) is 0 Å². The molecule has 1 atom stereocenters. The molecular weight excluding hydrogens is 202 g/mol. The number of nitrogens with zero attached hydrogens (tertiary/aromatic N) is 1. The number of aromatic nitrogens is 1. The molecule has 1 aromatic rings. The summed E-state index contributed by atoms with van der Waals surface area (Å²) in [4.78, 5) is 15.6. The van der Waals surface area contributed by atoms with Gasteiger partial charge in [0.05, 0.1) is 0 Å². The predicted molar refractivity (Wildman–Crippen MR) is 64.9 cm³/mol. The van der Waals surface area contributed by atoms with Crippen LogP contribution in [-0.4, -0.2) is 10.9 Å². The van der Waals surface area contributed by atoms with E-state index in [1.54, 1.807) is 6.20 Å². The molecule has 0 aliphatic heterocycles. The second-order valence-corrected chi connectivity index (χ2v) is 4.41. The number of anilines is 1. The normalized spacial score (nSPS) is 12.6. The Labute approximate surface area is 96.3 Å². The summed E-state index contributed by atoms with van der Waals surface area (Å²) in [5.74, 6) is 0.904. The van der Waals surface area contributed by atoms with Crippen LogP contribution in [0.1, 0.15) is 38.8 Å². The van der Waals surface area contributed by atoms with Crippen LogP contribution >= 0.6 is 0 Å². The first-order valence-electron chi connectivity index (χ1n) is 5.50. The first-order valence-corrected chi connectivity index (χ1v) is 5.50. The Morgan fingerprint density at radius 3 is 2.75 bits per heavy atom. The van der Waals surface area contributed by atoms with Gasteiger partial charge in [-0.2, -0.15) is 0 Å². The highest BCUT2D eigenvalue weighted by Gasteiger charge is 2.07. The van der Waals surface area contributed by atoms with Gasteiger partial charge in [-0.1, -0.05) is 13.8 Å². The predicted octanol–water partition coefficient (Wildman–Crippen LogP) is 2.09. The molecule has 0 aromatic carbocycles. The van der Waals surface area contributed by atoms with Crippen LogP contribution in [0.15, 0.2) is 18.3 Å². The number of rotatable bonds is 4. The van der Waals surface area contributed by atoms with E-state index in [1.165, 1.54) is 0 Å². The first kappa shape index (κ1) is 12.6. The van der Waals surface area contributed by atoms with Crippen LogP contribution < -0.4 is 11.1 Å². The van der Waals surface area contributed by atoms with Gasteiger partial charge in [0.15, 0.2) is 0 Å². The Hall–Kier alpha value is -1.42. The van der Waals surface area contributed by atoms with Gasteiger partial charge in [0.25, 0.3) is 0 Å². The molecule has 16 heavy (non-hydrogen) atoms. The lowest BCUT2D eigenvalue weighted by Crippen LogP contribution is -2.15. The van der Waals surface area contributed by atoms with Crippen molar-refractivity contribution in [1.29, 1.82) is 0 Å². The maximum Gasteiger partial charge on any atom is 0.225 e. The third-order valence-electron chi connectivity index (χ3n) is 2.17. The van der Waals surface area contributed by atoms with Crippen molar-refractivity contribution in [2.75, 3.05) is 5.32 Å². The lowest BCUT2D eigenvalue weighted by Gasteiger charge is -2.09. The van der Waals surface area contributed by atoms with Gasteiger partial charge in [-0.15, -0.1) is 0 Å². The van der Waals surface area contributed by atoms with Crippen molar-refractivity contribution in [3.8, 4) is 0 Å². The number of hydrogen-bond acceptors (Lipinski definition) is 3. The molecule has 3 N–H and O–H groups in total. The van der Waals surface area contributed by atoms with E-state index in [4.69, 9.17) is 5.73 Å². The molecule has 0 fully saturated rings. The average Bonchev–Trinajstić information content (AvgIpc) is 2.16. The van der Waals surface area contributed by atoms with Crippen molar-refractivity contribution < 1.29 is 4.79 Å². The summed E-state index contributed by atoms with van der Waals surface area (Å²) in [7, 11) is 0. The number of carbonyl (C=O) groups is 1. The number of nitrogens with one attached hydrogen (secondary N) is 1. The second-order valence-electron chi connectivity index (χ2n) is 4.41. The van der Waals surface area contributed by atoms with Crippen molar-refractivity contribution in [2.45, 2.75) is 33.2 Å². The van der Waals surface area contributed by atoms with Crippen LogP contribution in [-0.2, 0) is 4.79 Å². The number of amides is 1. The molecule has 0 spiro atoms. The van der Waals surface area contributed by atoms with Crippen LogP contribution in [0.5, 0.6) is 0 Å². The lowest BCUT2D eigenvalue weighted by molar-refractivity contribution is -0.116. The number of nitrogens with two attached hydrogens (primary N) is 1. The van der Waals surface area contributed by atoms with Crippen molar-refractivity contribution in [1.82, 2.24) is 4.98 Å². The third-order valence-corrected chi connectivity index (χ3v) is 2.17. The van der Waals surface area contributed by atoms with E-state index in [-0.39, 0.29) is 11.9 Å². The zero-order valence-corrected chi connectivity index (χ0v) is 10.0. The first-order chi connectivity index (χ1) is 7.49. The van der Waals surface area contributed by atoms with Gasteiger partial charge in [0.2, 0.25) is 5.91 Å². The highest BCUT2D eigenvalue weighted by atomic mass is 16.1. The fourth-order valence-corrected chi connectivity index (χ4v) is 1.36. The lowest BCUT2D eigenvalue weighted by atomic mass is 10.1. The molecule has 0 aliphatic carbocycles. The molecule has 0 saturated carbocycles. The highest BCUT2D eigenvalue weighted by molar-refractivity contribution is 5.89. The summed E-state index contributed by atoms with van der Waals surface area (Å²) in [5, 5.41) is 2.76. The number of pyridine rings is 1. The van der Waals surface area contributed by atoms with Gasteiger partial charge in [-0.05, 0) is 30.5 Å². The molecule has 0 saturated heterocycles. The molecule has 1 unspecified atom stereocenters. The summed E-state index contributed by atoms with van der Waals surface area (Å²) in [5.41, 5.74) is 6.72. The van der Waals surface area contributed by atoms with E-state index in [2.05, 4.69) is 10.3 Å². The standard InChI is InChI=1S/C12H19N3O/c1-8(2)6-12(16)15-11-7-10(9(3)13)4-5-14-11/h4-5,7-9H,6,13H2,1-3H3,(H,14,15,16). The minimum atomic E-state index is -0.0521. The SMILES string of the molecule is CC(C)CC(=O)Nc1cc(C(C)N)ccn1. The van der Waals surface area contributed by atoms with Gasteiger partial charge in [-0.3, -0.25) is 4.79 Å². The molecule has 1 amide bonds. The quantitative estimate of drug-likeness (QED) is 0.818. The van der Waals surface area contributed by atoms with Gasteiger partial charge in [0.1, 0.15) is 5.82 Å². The van der Waals surface area contributed by atoms with Crippen molar-refractivity contribution in [2.24, 2.45) is 11.7 Å². The third kappa shape index (κ3) is 3.98. The zero-order chi connectivity index (χ0) is 12.1. The molecule has 0 bridgehead atoms. The molecule has 0 radical (unpaired) electrons. The van der Waals surface area contributed by atoms with E-state index in [1.807, 2.05) is 32.9 Å². The minimum Gasteiger partial charge on any atom is -0.324 e. The zero-order valence-electron chi connectivity index (χ0n) is 10.0. The van der Waals surface area contributed by atoms with Crippen molar-refractivity contribution in [3.63, 3.8) is 0 Å². The largest absolute Gasteiger partial charge is 0.324 e. The summed E-state index contributed by atoms with van der Waals surface area (Å²) in [6, 6.07) is 3.61. The Morgan fingerprint density at radius 1 is 1.50 bits per heavy atom. The van der Waals surface area contributed by atoms with Crippen LogP contribution in [0.3, 0.4) is 0 Å². The Morgan fingerprint density at radius 2 is 2.19 bits per heavy atom. The van der Waals surface area contributed by atoms with E-state index in [0.29, 0.717) is 18.2 Å². The van der Waals surface area contributed by atoms with Crippen LogP contribution in [0, 0.1) is 5.92 Å². The minimum absolute atomic E-state index is 0.00988. The number of carbonyl (C=O) groups excluding carboxylic acids is 1. The van der Waals surface area contributed by atoms with E-state index >= 15 is 0 Å². The summed E-state index contributed by atoms with van der Waals surface area (Å²) in [6.45, 7) is 5.91. The fraction of sp³-hybridized carbons (Fsp3) is 0.500. The molecule has 4 heteroatoms. The topological polar surface area (TPSA) is 68.0 Å². The Kier molecular flexibility index (Phi) is 4.43. The van der Waals surface area contributed by atoms with E-state index < -0.39 is 0 Å². The van der Waals surface area contributed by atoms with E-state index in [9.17, 15) is 4.79 Å². The molecule has 1 aromatic heterocycles. The van der Waals surface area contributed by atoms with Crippen molar-refractivity contribution in [3.05, 3.63) is 23.9 Å². The Balaban J connectivity index is 2.67. The smallest absolute Gasteiger partial charge is 0.225 e. The molecule has 4 nitrogen and oxygen atoms in total. The Bertz CT molecular complexity index is 361. The van der Waals surface area contributed by atoms with Gasteiger partial charge in [-0.25, -0.2) is 4.98 Å². The molecule has 1 heterocycles. The van der Waals surface area contributed by atoms with E-state index in [0.717, 1.165) is 5.56 Å². The molecule has 88 valence electrons. The molecule has 1 rings (SSSR count). The highest BCUT2D eigenvalue weighted by Crippen LogP contribution is 2.13. The molecular formula is C12H19N3O. The van der Waals surface area contributed by atoms with Gasteiger partial charge >= 0.3 is 0 Å². The van der Waals surface area contributed by atoms with Crippen LogP contribution in [0.4, 0.5) is 5.82 Å². The second kappa shape index (κ2) is 5.61. The van der Waals surface area contributed by atoms with Gasteiger partial charge < -0.3 is 11.1 Å². The summed E-state index contributed by atoms with van der Waals surface area (Å²) in [6.07, 6.45) is 2.16.